The van der Waals surface area contributed by atoms with Crippen LogP contribution in [0.5, 0.6) is 0 Å². The first-order valence-corrected chi connectivity index (χ1v) is 21.6. The standard InChI is InChI=1S/C47H57N7O6/c1-27(2)29(5)43(55)53-23-46(15-17-59-25-46)20-37(53)41-48-22-36(50-41)31-9-7-30(8-10-31)32-11-13-34-33(19-32)12-14-35-40(34)51-42(49-35)38-21-47(16-18-60-26-47)24-54(38)44(56)39(28(3)4)52-45(57)58-6/h7-14,19,22,27-29,37-39H,15-18,20-21,23-26H2,1-6H3,(H,48,50)(H,49,51)(H,52,57)/t29-,37-,38-,39-,46+,47+/m0/s1. The van der Waals surface area contributed by atoms with E-state index in [2.05, 4.69) is 82.6 Å². The van der Waals surface area contributed by atoms with Crippen molar-refractivity contribution < 1.29 is 28.6 Å². The molecule has 4 aliphatic heterocycles. The number of fused-ring (bicyclic) bond motifs is 3. The Labute approximate surface area is 350 Å². The van der Waals surface area contributed by atoms with Gasteiger partial charge in [0.05, 0.1) is 55.3 Å². The number of methoxy groups -OCH3 is 1. The lowest BCUT2D eigenvalue weighted by Crippen LogP contribution is -2.51. The molecule has 3 aromatic carbocycles. The van der Waals surface area contributed by atoms with Crippen LogP contribution in [0, 0.1) is 28.6 Å². The summed E-state index contributed by atoms with van der Waals surface area (Å²) in [6.07, 6.45) is 4.69. The van der Waals surface area contributed by atoms with Gasteiger partial charge in [-0.25, -0.2) is 14.8 Å². The third-order valence-electron chi connectivity index (χ3n) is 14.0. The van der Waals surface area contributed by atoms with Gasteiger partial charge >= 0.3 is 6.09 Å². The zero-order valence-corrected chi connectivity index (χ0v) is 35.5. The van der Waals surface area contributed by atoms with E-state index in [9.17, 15) is 14.4 Å². The van der Waals surface area contributed by atoms with E-state index < -0.39 is 12.1 Å². The van der Waals surface area contributed by atoms with Crippen LogP contribution >= 0.6 is 0 Å². The average Bonchev–Trinajstić information content (AvgIpc) is 4.12. The lowest BCUT2D eigenvalue weighted by molar-refractivity contribution is -0.138. The normalized spacial score (nSPS) is 25.1. The highest BCUT2D eigenvalue weighted by atomic mass is 16.5. The molecule has 6 heterocycles. The number of nitrogens with one attached hydrogen (secondary N) is 3. The predicted octanol–water partition coefficient (Wildman–Crippen LogP) is 7.81. The Bertz CT molecular complexity index is 2410. The second kappa shape index (κ2) is 15.6. The van der Waals surface area contributed by atoms with E-state index in [1.165, 1.54) is 7.11 Å². The van der Waals surface area contributed by atoms with Crippen molar-refractivity contribution in [2.45, 2.75) is 78.4 Å². The molecule has 316 valence electrons. The molecular weight excluding hydrogens is 759 g/mol. The van der Waals surface area contributed by atoms with Crippen LogP contribution in [0.2, 0.25) is 0 Å². The summed E-state index contributed by atoms with van der Waals surface area (Å²) >= 11 is 0. The van der Waals surface area contributed by atoms with Crippen molar-refractivity contribution in [2.75, 3.05) is 46.6 Å². The molecule has 4 saturated heterocycles. The van der Waals surface area contributed by atoms with E-state index in [0.717, 1.165) is 88.1 Å². The molecule has 3 N–H and O–H groups in total. The summed E-state index contributed by atoms with van der Waals surface area (Å²) < 4.78 is 16.6. The Morgan fingerprint density at radius 1 is 0.783 bits per heavy atom. The number of benzene rings is 3. The topological polar surface area (TPSA) is 155 Å². The van der Waals surface area contributed by atoms with E-state index in [4.69, 9.17) is 24.2 Å². The Morgan fingerprint density at radius 3 is 2.03 bits per heavy atom. The number of aromatic amines is 2. The molecule has 0 unspecified atom stereocenters. The summed E-state index contributed by atoms with van der Waals surface area (Å²) in [5, 5.41) is 4.89. The average molecular weight is 816 g/mol. The van der Waals surface area contributed by atoms with Crippen LogP contribution in [0.1, 0.15) is 84.0 Å². The van der Waals surface area contributed by atoms with E-state index >= 15 is 0 Å². The third-order valence-corrected chi connectivity index (χ3v) is 14.0. The largest absolute Gasteiger partial charge is 0.453 e. The highest BCUT2D eigenvalue weighted by molar-refractivity contribution is 6.05. The molecule has 13 nitrogen and oxygen atoms in total. The molecule has 13 heteroatoms. The summed E-state index contributed by atoms with van der Waals surface area (Å²) in [5.41, 5.74) is 5.74. The fourth-order valence-electron chi connectivity index (χ4n) is 10.0. The van der Waals surface area contributed by atoms with Crippen molar-refractivity contribution in [1.29, 1.82) is 0 Å². The first-order chi connectivity index (χ1) is 28.9. The molecule has 0 radical (unpaired) electrons. The summed E-state index contributed by atoms with van der Waals surface area (Å²) in [7, 11) is 1.31. The molecule has 0 aliphatic carbocycles. The quantitative estimate of drug-likeness (QED) is 0.136. The molecule has 4 fully saturated rings. The molecule has 6 atom stereocenters. The van der Waals surface area contributed by atoms with Gasteiger partial charge in [-0.3, -0.25) is 9.59 Å². The van der Waals surface area contributed by atoms with Crippen LogP contribution in [-0.4, -0.2) is 100 Å². The first-order valence-electron chi connectivity index (χ1n) is 21.6. The number of aromatic nitrogens is 4. The molecular formula is C47H57N7O6. The van der Waals surface area contributed by atoms with Crippen molar-refractivity contribution in [3.8, 4) is 22.4 Å². The van der Waals surface area contributed by atoms with Crippen molar-refractivity contribution in [3.63, 3.8) is 0 Å². The number of alkyl carbamates (subject to hydrolysis) is 1. The molecule has 2 aromatic heterocycles. The minimum Gasteiger partial charge on any atom is -0.453 e. The maximum atomic E-state index is 14.2. The second-order valence-corrected chi connectivity index (χ2v) is 18.6. The van der Waals surface area contributed by atoms with E-state index in [1.54, 1.807) is 0 Å². The first kappa shape index (κ1) is 40.2. The SMILES string of the molecule is COC(=O)N[C@H](C(=O)N1C[C@@]2(CCOC2)C[C@H]1c1nc2ccc3cc(-c4ccc(-c5cnc([C@@H]6C[C@]7(CCOC7)CN6C(=O)[C@@H](C)C(C)C)[nH]5)cc4)ccc3c2[nH]1)C(C)C. The maximum Gasteiger partial charge on any atom is 0.407 e. The number of nitrogens with zero attached hydrogens (tertiary/aromatic N) is 4. The van der Waals surface area contributed by atoms with Crippen molar-refractivity contribution in [1.82, 2.24) is 35.1 Å². The van der Waals surface area contributed by atoms with Crippen LogP contribution in [0.15, 0.2) is 60.8 Å². The van der Waals surface area contributed by atoms with Crippen LogP contribution in [0.3, 0.4) is 0 Å². The molecule has 4 aliphatic rings. The number of carbonyl (C=O) groups excluding carboxylic acids is 3. The monoisotopic (exact) mass is 815 g/mol. The molecule has 9 rings (SSSR count). The molecule has 60 heavy (non-hydrogen) atoms. The van der Waals surface area contributed by atoms with Gasteiger partial charge in [-0.15, -0.1) is 0 Å². The predicted molar refractivity (Wildman–Crippen MR) is 229 cm³/mol. The van der Waals surface area contributed by atoms with Crippen molar-refractivity contribution in [3.05, 3.63) is 72.4 Å². The molecule has 5 aromatic rings. The van der Waals surface area contributed by atoms with Crippen LogP contribution in [0.25, 0.3) is 44.2 Å². The molecule has 2 spiro atoms. The number of imidazole rings is 2. The van der Waals surface area contributed by atoms with E-state index in [-0.39, 0.29) is 52.5 Å². The third kappa shape index (κ3) is 7.23. The second-order valence-electron chi connectivity index (χ2n) is 18.6. The maximum absolute atomic E-state index is 14.2. The van der Waals surface area contributed by atoms with Gasteiger partial charge in [-0.2, -0.15) is 0 Å². The number of H-pyrrole nitrogens is 2. The smallest absolute Gasteiger partial charge is 0.407 e. The summed E-state index contributed by atoms with van der Waals surface area (Å²) in [4.78, 5) is 61.3. The summed E-state index contributed by atoms with van der Waals surface area (Å²) in [6.45, 7) is 14.0. The minimum absolute atomic E-state index is 0.00818. The number of likely N-dealkylation sites (tertiary alicyclic amines) is 2. The van der Waals surface area contributed by atoms with E-state index in [1.807, 2.05) is 37.9 Å². The highest BCUT2D eigenvalue weighted by Crippen LogP contribution is 2.49. The molecule has 0 bridgehead atoms. The zero-order chi connectivity index (χ0) is 41.9. The van der Waals surface area contributed by atoms with Gasteiger partial charge < -0.3 is 39.3 Å². The lowest BCUT2D eigenvalue weighted by Gasteiger charge is -2.30. The summed E-state index contributed by atoms with van der Waals surface area (Å²) in [6, 6.07) is 18.0. The van der Waals surface area contributed by atoms with Gasteiger partial charge in [0.15, 0.2) is 0 Å². The number of amides is 3. The molecule has 0 saturated carbocycles. The minimum atomic E-state index is -0.731. The Morgan fingerprint density at radius 2 is 1.42 bits per heavy atom. The van der Waals surface area contributed by atoms with Crippen LogP contribution < -0.4 is 5.32 Å². The fourth-order valence-corrected chi connectivity index (χ4v) is 10.0. The number of hydrogen-bond donors (Lipinski definition) is 3. The fraction of sp³-hybridized carbons (Fsp3) is 0.511. The zero-order valence-electron chi connectivity index (χ0n) is 35.5. The van der Waals surface area contributed by atoms with Crippen LogP contribution in [-0.2, 0) is 23.8 Å². The highest BCUT2D eigenvalue weighted by Gasteiger charge is 2.52. The van der Waals surface area contributed by atoms with E-state index in [0.29, 0.717) is 32.9 Å². The number of rotatable bonds is 9. The Balaban J connectivity index is 0.955. The number of hydrogen-bond acceptors (Lipinski definition) is 8. The Kier molecular flexibility index (Phi) is 10.5. The van der Waals surface area contributed by atoms with Crippen LogP contribution in [0.4, 0.5) is 4.79 Å². The Hall–Kier alpha value is -5.27. The van der Waals surface area contributed by atoms with Gasteiger partial charge in [0.25, 0.3) is 0 Å². The number of ether oxygens (including phenoxy) is 3. The lowest BCUT2D eigenvalue weighted by atomic mass is 9.85. The van der Waals surface area contributed by atoms with Crippen molar-refractivity contribution >= 4 is 39.7 Å². The van der Waals surface area contributed by atoms with Crippen molar-refractivity contribution in [2.24, 2.45) is 28.6 Å². The summed E-state index contributed by atoms with van der Waals surface area (Å²) in [5.74, 6) is 1.68. The van der Waals surface area contributed by atoms with Gasteiger partial charge in [0.1, 0.15) is 17.7 Å². The molecule has 3 amide bonds. The van der Waals surface area contributed by atoms with Gasteiger partial charge in [-0.05, 0) is 71.7 Å². The van der Waals surface area contributed by atoms with Gasteiger partial charge in [0.2, 0.25) is 11.8 Å². The van der Waals surface area contributed by atoms with Gasteiger partial charge in [0, 0.05) is 48.4 Å². The number of carbonyl (C=O) groups is 3. The van der Waals surface area contributed by atoms with Gasteiger partial charge in [-0.1, -0.05) is 77.1 Å².